The highest BCUT2D eigenvalue weighted by atomic mass is 32.2. The lowest BCUT2D eigenvalue weighted by Crippen LogP contribution is -2.33. The number of amides is 1. The highest BCUT2D eigenvalue weighted by Gasteiger charge is 2.30. The Morgan fingerprint density at radius 3 is 2.56 bits per heavy atom. The van der Waals surface area contributed by atoms with Crippen LogP contribution in [-0.2, 0) is 20.7 Å². The van der Waals surface area contributed by atoms with Gasteiger partial charge in [-0.05, 0) is 31.0 Å². The third kappa shape index (κ3) is 4.57. The van der Waals surface area contributed by atoms with E-state index in [0.717, 1.165) is 22.6 Å². The summed E-state index contributed by atoms with van der Waals surface area (Å²) in [4.78, 5) is 37.8. The maximum Gasteiger partial charge on any atom is 0.308 e. The van der Waals surface area contributed by atoms with Crippen LogP contribution in [-0.4, -0.2) is 29.0 Å². The molecule has 0 aromatic heterocycles. The molecule has 0 spiro atoms. The lowest BCUT2D eigenvalue weighted by molar-refractivity contribution is -0.147. The summed E-state index contributed by atoms with van der Waals surface area (Å²) in [6, 6.07) is 14.7. The van der Waals surface area contributed by atoms with Crippen molar-refractivity contribution < 1.29 is 19.1 Å². The van der Waals surface area contributed by atoms with Crippen LogP contribution < -0.4 is 5.32 Å². The number of hydrogen-bond acceptors (Lipinski definition) is 5. The number of esters is 1. The molecule has 3 rings (SSSR count). The third-order valence-corrected chi connectivity index (χ3v) is 5.66. The number of ether oxygens (including phenoxy) is 1. The number of thioether (sulfide) groups is 1. The molecule has 0 saturated carbocycles. The second kappa shape index (κ2) is 8.39. The minimum absolute atomic E-state index is 0.0861. The average molecular weight is 383 g/mol. The van der Waals surface area contributed by atoms with Gasteiger partial charge in [-0.1, -0.05) is 43.3 Å². The van der Waals surface area contributed by atoms with Crippen LogP contribution in [0.3, 0.4) is 0 Å². The summed E-state index contributed by atoms with van der Waals surface area (Å²) in [5, 5.41) is 2.22. The summed E-state index contributed by atoms with van der Waals surface area (Å²) in [7, 11) is 0. The van der Waals surface area contributed by atoms with Crippen molar-refractivity contribution in [2.45, 2.75) is 42.9 Å². The van der Waals surface area contributed by atoms with Gasteiger partial charge in [0.2, 0.25) is 11.7 Å². The standard InChI is InChI=1S/C21H21NO4S/c1-3-14-8-10-15(11-9-14)20(24)13(2)26-19(23)12-18-21(25)22-16-6-4-5-7-17(16)27-18/h4-11,13,18H,3,12H2,1-2H3,(H,22,25)/t13-,18-/m0/s1. The van der Waals surface area contributed by atoms with Crippen molar-refractivity contribution in [3.63, 3.8) is 0 Å². The molecule has 27 heavy (non-hydrogen) atoms. The summed E-state index contributed by atoms with van der Waals surface area (Å²) < 4.78 is 5.28. The zero-order chi connectivity index (χ0) is 19.4. The number of para-hydroxylation sites is 1. The summed E-state index contributed by atoms with van der Waals surface area (Å²) in [5.41, 5.74) is 2.39. The van der Waals surface area contributed by atoms with Gasteiger partial charge in [-0.15, -0.1) is 11.8 Å². The first-order chi connectivity index (χ1) is 13.0. The zero-order valence-corrected chi connectivity index (χ0v) is 16.0. The van der Waals surface area contributed by atoms with E-state index in [2.05, 4.69) is 5.32 Å². The number of nitrogens with one attached hydrogen (secondary N) is 1. The van der Waals surface area contributed by atoms with Gasteiger partial charge < -0.3 is 10.1 Å². The van der Waals surface area contributed by atoms with E-state index in [1.54, 1.807) is 19.1 Å². The maximum absolute atomic E-state index is 12.4. The van der Waals surface area contributed by atoms with E-state index in [4.69, 9.17) is 4.74 Å². The Morgan fingerprint density at radius 2 is 1.85 bits per heavy atom. The van der Waals surface area contributed by atoms with Crippen LogP contribution in [0.1, 0.15) is 36.2 Å². The Kier molecular flexibility index (Phi) is 5.96. The minimum atomic E-state index is -0.895. The normalized spacial score (nSPS) is 16.8. The Balaban J connectivity index is 1.58. The summed E-state index contributed by atoms with van der Waals surface area (Å²) in [6.45, 7) is 3.59. The molecular weight excluding hydrogens is 362 g/mol. The number of fused-ring (bicyclic) bond motifs is 1. The van der Waals surface area contributed by atoms with Crippen molar-refractivity contribution in [3.8, 4) is 0 Å². The van der Waals surface area contributed by atoms with Gasteiger partial charge >= 0.3 is 5.97 Å². The van der Waals surface area contributed by atoms with Gasteiger partial charge in [0.25, 0.3) is 0 Å². The first-order valence-electron chi connectivity index (χ1n) is 8.87. The second-order valence-electron chi connectivity index (χ2n) is 6.34. The number of carbonyl (C=O) groups is 3. The molecule has 0 aliphatic carbocycles. The molecule has 140 valence electrons. The van der Waals surface area contributed by atoms with Crippen molar-refractivity contribution in [1.29, 1.82) is 0 Å². The predicted molar refractivity (Wildman–Crippen MR) is 105 cm³/mol. The van der Waals surface area contributed by atoms with Crippen molar-refractivity contribution in [2.75, 3.05) is 5.32 Å². The fourth-order valence-corrected chi connectivity index (χ4v) is 3.91. The first kappa shape index (κ1) is 19.2. The molecule has 0 fully saturated rings. The van der Waals surface area contributed by atoms with E-state index in [1.807, 2.05) is 43.3 Å². The molecular formula is C21H21NO4S. The molecule has 1 N–H and O–H groups in total. The average Bonchev–Trinajstić information content (AvgIpc) is 2.68. The Hall–Kier alpha value is -2.60. The van der Waals surface area contributed by atoms with Crippen LogP contribution in [0.4, 0.5) is 5.69 Å². The number of aryl methyl sites for hydroxylation is 1. The molecule has 0 bridgehead atoms. The number of Topliss-reactive ketones (excluding diaryl/α,β-unsaturated/α-hetero) is 1. The molecule has 2 atom stereocenters. The highest BCUT2D eigenvalue weighted by Crippen LogP contribution is 2.36. The van der Waals surface area contributed by atoms with Gasteiger partial charge in [-0.2, -0.15) is 0 Å². The van der Waals surface area contributed by atoms with E-state index in [-0.39, 0.29) is 18.1 Å². The number of anilines is 1. The van der Waals surface area contributed by atoms with Gasteiger partial charge in [0, 0.05) is 10.5 Å². The van der Waals surface area contributed by atoms with Gasteiger partial charge in [0.1, 0.15) is 0 Å². The van der Waals surface area contributed by atoms with Crippen LogP contribution in [0.5, 0.6) is 0 Å². The number of ketones is 1. The molecule has 0 saturated heterocycles. The lowest BCUT2D eigenvalue weighted by atomic mass is 10.0. The summed E-state index contributed by atoms with van der Waals surface area (Å²) >= 11 is 1.33. The monoisotopic (exact) mass is 383 g/mol. The summed E-state index contributed by atoms with van der Waals surface area (Å²) in [5.74, 6) is -1.05. The fourth-order valence-electron chi connectivity index (χ4n) is 2.82. The predicted octanol–water partition coefficient (Wildman–Crippen LogP) is 3.87. The van der Waals surface area contributed by atoms with E-state index in [0.29, 0.717) is 5.56 Å². The topological polar surface area (TPSA) is 72.5 Å². The molecule has 1 heterocycles. The SMILES string of the molecule is CCc1ccc(C(=O)[C@H](C)OC(=O)C[C@@H]2Sc3ccccc3NC2=O)cc1. The van der Waals surface area contributed by atoms with Crippen LogP contribution in [0.2, 0.25) is 0 Å². The lowest BCUT2D eigenvalue weighted by Gasteiger charge is -2.23. The van der Waals surface area contributed by atoms with E-state index >= 15 is 0 Å². The van der Waals surface area contributed by atoms with Gasteiger partial charge in [-0.25, -0.2) is 0 Å². The number of rotatable bonds is 6. The van der Waals surface area contributed by atoms with E-state index in [9.17, 15) is 14.4 Å². The molecule has 0 unspecified atom stereocenters. The Bertz CT molecular complexity index is 863. The quantitative estimate of drug-likeness (QED) is 0.606. The Labute approximate surface area is 162 Å². The molecule has 6 heteroatoms. The zero-order valence-electron chi connectivity index (χ0n) is 15.2. The van der Waals surface area contributed by atoms with Gasteiger partial charge in [0.15, 0.2) is 6.10 Å². The van der Waals surface area contributed by atoms with Gasteiger partial charge in [-0.3, -0.25) is 14.4 Å². The number of benzene rings is 2. The van der Waals surface area contributed by atoms with Crippen LogP contribution in [0.25, 0.3) is 0 Å². The molecule has 0 radical (unpaired) electrons. The molecule has 1 amide bonds. The molecule has 2 aromatic carbocycles. The van der Waals surface area contributed by atoms with E-state index < -0.39 is 17.3 Å². The van der Waals surface area contributed by atoms with E-state index in [1.165, 1.54) is 11.8 Å². The van der Waals surface area contributed by atoms with Gasteiger partial charge in [0.05, 0.1) is 17.4 Å². The number of hydrogen-bond donors (Lipinski definition) is 1. The fraction of sp³-hybridized carbons (Fsp3) is 0.286. The van der Waals surface area contributed by atoms with Crippen molar-refractivity contribution in [2.24, 2.45) is 0 Å². The van der Waals surface area contributed by atoms with Crippen molar-refractivity contribution in [1.82, 2.24) is 0 Å². The summed E-state index contributed by atoms with van der Waals surface area (Å²) in [6.07, 6.45) is -0.0885. The maximum atomic E-state index is 12.4. The van der Waals surface area contributed by atoms with Crippen LogP contribution >= 0.6 is 11.8 Å². The van der Waals surface area contributed by atoms with Crippen molar-refractivity contribution >= 4 is 35.1 Å². The highest BCUT2D eigenvalue weighted by molar-refractivity contribution is 8.01. The largest absolute Gasteiger partial charge is 0.454 e. The van der Waals surface area contributed by atoms with Crippen molar-refractivity contribution in [3.05, 3.63) is 59.7 Å². The van der Waals surface area contributed by atoms with Crippen LogP contribution in [0.15, 0.2) is 53.4 Å². The molecule has 2 aromatic rings. The van der Waals surface area contributed by atoms with Crippen LogP contribution in [0, 0.1) is 0 Å². The smallest absolute Gasteiger partial charge is 0.308 e. The third-order valence-electron chi connectivity index (χ3n) is 4.38. The second-order valence-corrected chi connectivity index (χ2v) is 7.59. The minimum Gasteiger partial charge on any atom is -0.454 e. The molecule has 1 aliphatic rings. The Morgan fingerprint density at radius 1 is 1.15 bits per heavy atom. The number of carbonyl (C=O) groups excluding carboxylic acids is 3. The first-order valence-corrected chi connectivity index (χ1v) is 9.75. The molecule has 1 aliphatic heterocycles. The molecule has 5 nitrogen and oxygen atoms in total.